The van der Waals surface area contributed by atoms with E-state index in [-0.39, 0.29) is 16.5 Å². The fraction of sp³-hybridized carbons (Fsp3) is 0.118. The Morgan fingerprint density at radius 2 is 1.70 bits per heavy atom. The molecule has 220 valence electrons. The number of halogens is 1. The number of amides is 1. The molecule has 6 rings (SSSR count). The van der Waals surface area contributed by atoms with Gasteiger partial charge in [0.05, 0.1) is 11.6 Å². The van der Waals surface area contributed by atoms with E-state index < -0.39 is 17.7 Å². The number of nitrogens with zero attached hydrogens (tertiary/aromatic N) is 3. The van der Waals surface area contributed by atoms with Crippen LogP contribution in [0.4, 0.5) is 5.13 Å². The lowest BCUT2D eigenvalue weighted by atomic mass is 9.95. The molecular weight excluding hydrogens is 614 g/mol. The van der Waals surface area contributed by atoms with Gasteiger partial charge in [-0.1, -0.05) is 125 Å². The van der Waals surface area contributed by atoms with E-state index in [9.17, 15) is 14.7 Å². The van der Waals surface area contributed by atoms with Crippen LogP contribution < -0.4 is 9.64 Å². The molecule has 4 aromatic carbocycles. The highest BCUT2D eigenvalue weighted by Crippen LogP contribution is 2.44. The zero-order valence-electron chi connectivity index (χ0n) is 23.5. The Morgan fingerprint density at radius 3 is 2.48 bits per heavy atom. The summed E-state index contributed by atoms with van der Waals surface area (Å²) in [4.78, 5) is 28.5. The predicted octanol–water partition coefficient (Wildman–Crippen LogP) is 8.00. The van der Waals surface area contributed by atoms with E-state index in [1.54, 1.807) is 30.3 Å². The number of ether oxygens (including phenoxy) is 1. The summed E-state index contributed by atoms with van der Waals surface area (Å²) < 4.78 is 6.67. The highest BCUT2D eigenvalue weighted by molar-refractivity contribution is 8.00. The number of carbonyl (C=O) groups is 2. The molecule has 2 heterocycles. The Balaban J connectivity index is 1.37. The third-order valence-electron chi connectivity index (χ3n) is 7.10. The number of aliphatic hydroxyl groups excluding tert-OH is 1. The maximum absolute atomic E-state index is 13.6. The van der Waals surface area contributed by atoms with Gasteiger partial charge in [0, 0.05) is 16.3 Å². The number of hydrogen-bond acceptors (Lipinski definition) is 8. The summed E-state index contributed by atoms with van der Waals surface area (Å²) in [5, 5.41) is 21.0. The molecule has 44 heavy (non-hydrogen) atoms. The van der Waals surface area contributed by atoms with Crippen molar-refractivity contribution < 1.29 is 19.4 Å². The van der Waals surface area contributed by atoms with Crippen LogP contribution in [-0.4, -0.2) is 27.0 Å². The van der Waals surface area contributed by atoms with Gasteiger partial charge in [-0.15, -0.1) is 10.2 Å². The average Bonchev–Trinajstić information content (AvgIpc) is 3.62. The van der Waals surface area contributed by atoms with Gasteiger partial charge in [-0.2, -0.15) is 0 Å². The van der Waals surface area contributed by atoms with Crippen LogP contribution in [0.1, 0.15) is 33.9 Å². The Hall–Kier alpha value is -4.44. The number of Topliss-reactive ketones (excluding diaryl/α,β-unsaturated/α-hetero) is 1. The number of anilines is 1. The summed E-state index contributed by atoms with van der Waals surface area (Å²) >= 11 is 8.95. The number of ketones is 1. The van der Waals surface area contributed by atoms with Crippen LogP contribution in [0, 0.1) is 6.92 Å². The number of rotatable bonds is 9. The molecule has 0 spiro atoms. The van der Waals surface area contributed by atoms with E-state index in [2.05, 4.69) is 10.2 Å². The van der Waals surface area contributed by atoms with Crippen molar-refractivity contribution >= 4 is 57.3 Å². The second kappa shape index (κ2) is 13.1. The molecule has 5 aromatic rings. The van der Waals surface area contributed by atoms with Gasteiger partial charge in [0.2, 0.25) is 5.13 Å². The second-order valence-corrected chi connectivity index (χ2v) is 12.7. The molecule has 1 atom stereocenters. The van der Waals surface area contributed by atoms with Crippen molar-refractivity contribution in [2.75, 3.05) is 4.90 Å². The summed E-state index contributed by atoms with van der Waals surface area (Å²) in [7, 11) is 0. The largest absolute Gasteiger partial charge is 0.507 e. The summed E-state index contributed by atoms with van der Waals surface area (Å²) in [6.07, 6.45) is 0. The fourth-order valence-corrected chi connectivity index (χ4v) is 6.99. The minimum atomic E-state index is -0.953. The zero-order valence-corrected chi connectivity index (χ0v) is 25.9. The van der Waals surface area contributed by atoms with E-state index in [4.69, 9.17) is 16.3 Å². The topological polar surface area (TPSA) is 92.6 Å². The van der Waals surface area contributed by atoms with Gasteiger partial charge >= 0.3 is 5.91 Å². The molecule has 7 nitrogen and oxygen atoms in total. The van der Waals surface area contributed by atoms with Crippen LogP contribution in [0.3, 0.4) is 0 Å². The van der Waals surface area contributed by atoms with Gasteiger partial charge in [-0.3, -0.25) is 14.5 Å². The smallest absolute Gasteiger partial charge is 0.301 e. The molecule has 1 amide bonds. The van der Waals surface area contributed by atoms with Crippen LogP contribution in [0.2, 0.25) is 5.02 Å². The number of aryl methyl sites for hydroxylation is 1. The van der Waals surface area contributed by atoms with E-state index in [1.165, 1.54) is 28.0 Å². The number of benzene rings is 4. The summed E-state index contributed by atoms with van der Waals surface area (Å²) in [5.74, 6) is -0.739. The Morgan fingerprint density at radius 1 is 0.955 bits per heavy atom. The van der Waals surface area contributed by atoms with Crippen LogP contribution in [0.15, 0.2) is 113 Å². The number of carbonyl (C=O) groups excluding carboxylic acids is 2. The molecular formula is C34H26ClN3O4S2. The first-order chi connectivity index (χ1) is 21.4. The molecule has 0 aliphatic carbocycles. The van der Waals surface area contributed by atoms with Gasteiger partial charge in [0.15, 0.2) is 4.34 Å². The van der Waals surface area contributed by atoms with Gasteiger partial charge in [0.25, 0.3) is 5.78 Å². The predicted molar refractivity (Wildman–Crippen MR) is 174 cm³/mol. The lowest BCUT2D eigenvalue weighted by Crippen LogP contribution is -2.29. The van der Waals surface area contributed by atoms with Crippen LogP contribution in [-0.2, 0) is 21.9 Å². The van der Waals surface area contributed by atoms with Crippen molar-refractivity contribution in [2.45, 2.75) is 29.7 Å². The number of aliphatic hydroxyl groups is 1. The minimum Gasteiger partial charge on any atom is -0.507 e. The molecule has 0 radical (unpaired) electrons. The molecule has 0 bridgehead atoms. The maximum atomic E-state index is 13.6. The molecule has 1 unspecified atom stereocenters. The van der Waals surface area contributed by atoms with Crippen molar-refractivity contribution in [3.63, 3.8) is 0 Å². The molecule has 1 fully saturated rings. The SMILES string of the molecule is Cc1ccc(/C(O)=C2\C(=O)C(=O)N(c3nnc(SCc4ccccc4Cl)s3)C2c2cccc(OCc3ccccc3)c2)cc1. The van der Waals surface area contributed by atoms with Crippen molar-refractivity contribution in [3.8, 4) is 5.75 Å². The number of aromatic nitrogens is 2. The molecule has 1 saturated heterocycles. The maximum Gasteiger partial charge on any atom is 0.301 e. The van der Waals surface area contributed by atoms with Crippen LogP contribution in [0.5, 0.6) is 5.75 Å². The molecule has 1 N–H and O–H groups in total. The number of thioether (sulfide) groups is 1. The zero-order chi connectivity index (χ0) is 30.6. The molecule has 1 aliphatic heterocycles. The molecule has 0 saturated carbocycles. The first-order valence-corrected chi connectivity index (χ1v) is 15.9. The van der Waals surface area contributed by atoms with E-state index in [0.29, 0.717) is 38.6 Å². The van der Waals surface area contributed by atoms with Crippen LogP contribution in [0.25, 0.3) is 5.76 Å². The van der Waals surface area contributed by atoms with E-state index in [1.807, 2.05) is 79.7 Å². The Bertz CT molecular complexity index is 1860. The summed E-state index contributed by atoms with van der Waals surface area (Å²) in [6.45, 7) is 2.27. The molecule has 1 aliphatic rings. The van der Waals surface area contributed by atoms with Crippen molar-refractivity contribution in [1.29, 1.82) is 0 Å². The first kappa shape index (κ1) is 29.6. The van der Waals surface area contributed by atoms with Crippen molar-refractivity contribution in [3.05, 3.63) is 142 Å². The minimum absolute atomic E-state index is 0.0282. The van der Waals surface area contributed by atoms with Gasteiger partial charge in [-0.25, -0.2) is 0 Å². The summed E-state index contributed by atoms with van der Waals surface area (Å²) in [6, 6.07) is 30.7. The average molecular weight is 640 g/mol. The quantitative estimate of drug-likeness (QED) is 0.0574. The third kappa shape index (κ3) is 6.26. The third-order valence-corrected chi connectivity index (χ3v) is 9.58. The highest BCUT2D eigenvalue weighted by Gasteiger charge is 2.48. The molecule has 10 heteroatoms. The fourth-order valence-electron chi connectivity index (χ4n) is 4.84. The Labute approximate surface area is 267 Å². The first-order valence-electron chi connectivity index (χ1n) is 13.7. The highest BCUT2D eigenvalue weighted by atomic mass is 35.5. The second-order valence-electron chi connectivity index (χ2n) is 10.1. The van der Waals surface area contributed by atoms with Gasteiger partial charge < -0.3 is 9.84 Å². The lowest BCUT2D eigenvalue weighted by molar-refractivity contribution is -0.132. The van der Waals surface area contributed by atoms with E-state index in [0.717, 1.165) is 16.7 Å². The summed E-state index contributed by atoms with van der Waals surface area (Å²) in [5.41, 5.74) is 3.94. The Kier molecular flexibility index (Phi) is 8.79. The lowest BCUT2D eigenvalue weighted by Gasteiger charge is -2.23. The standard InChI is InChI=1S/C34H26ClN3O4S2/c1-21-14-16-23(17-15-21)30(39)28-29(24-11-7-12-26(18-24)42-19-22-8-3-2-4-9-22)38(32(41)31(28)40)33-36-37-34(44-33)43-20-25-10-5-6-13-27(25)35/h2-18,29,39H,19-20H2,1H3/b30-28+. The monoisotopic (exact) mass is 639 g/mol. The normalized spacial score (nSPS) is 16.0. The molecule has 1 aromatic heterocycles. The van der Waals surface area contributed by atoms with Crippen molar-refractivity contribution in [1.82, 2.24) is 10.2 Å². The van der Waals surface area contributed by atoms with Gasteiger partial charge in [0.1, 0.15) is 18.1 Å². The van der Waals surface area contributed by atoms with Crippen molar-refractivity contribution in [2.24, 2.45) is 0 Å². The van der Waals surface area contributed by atoms with Crippen LogP contribution >= 0.6 is 34.7 Å². The number of hydrogen-bond donors (Lipinski definition) is 1. The van der Waals surface area contributed by atoms with E-state index >= 15 is 0 Å². The van der Waals surface area contributed by atoms with Gasteiger partial charge in [-0.05, 0) is 41.8 Å².